The molecule has 2 rings (SSSR count). The molecular formula is C66H104O19. The summed E-state index contributed by atoms with van der Waals surface area (Å²) in [4.78, 5) is 95.3. The van der Waals surface area contributed by atoms with Crippen LogP contribution >= 0.6 is 0 Å². The number of para-hydroxylation sites is 1. The molecule has 0 fully saturated rings. The Balaban J connectivity index is -0.000000495. The van der Waals surface area contributed by atoms with E-state index in [1.54, 1.807) is 47.8 Å². The molecular weight excluding hydrogens is 1100 g/mol. The van der Waals surface area contributed by atoms with Gasteiger partial charge in [-0.05, 0) is 77.3 Å². The summed E-state index contributed by atoms with van der Waals surface area (Å²) in [5.74, 6) is -3.04. The maximum Gasteiger partial charge on any atom is 0.339 e. The number of rotatable bonds is 44. The van der Waals surface area contributed by atoms with Crippen molar-refractivity contribution in [1.82, 2.24) is 0 Å². The van der Waals surface area contributed by atoms with E-state index < -0.39 is 23.9 Å². The molecule has 0 amide bonds. The molecule has 0 aromatic heterocycles. The summed E-state index contributed by atoms with van der Waals surface area (Å²) in [7, 11) is 1.58. The number of allylic oxidation sites excluding steroid dienone is 1. The summed E-state index contributed by atoms with van der Waals surface area (Å²) in [5, 5.41) is 17.3. The lowest BCUT2D eigenvalue weighted by Gasteiger charge is -2.07. The molecule has 2 aromatic carbocycles. The zero-order valence-corrected chi connectivity index (χ0v) is 51.6. The summed E-state index contributed by atoms with van der Waals surface area (Å²) in [5.41, 5.74) is 2.52. The molecule has 0 saturated heterocycles. The van der Waals surface area contributed by atoms with Gasteiger partial charge < -0.3 is 38.6 Å². The number of carboxylic acids is 2. The second-order valence-electron chi connectivity index (χ2n) is 19.3. The average Bonchev–Trinajstić information content (AvgIpc) is 3.55. The smallest absolute Gasteiger partial charge is 0.339 e. The number of benzene rings is 2. The number of Topliss-reactive ketones (excluding diaryl/α,β-unsaturated/α-hetero) is 1. The zero-order chi connectivity index (χ0) is 63.6. The van der Waals surface area contributed by atoms with Crippen LogP contribution in [0.25, 0.3) is 0 Å². The van der Waals surface area contributed by atoms with Gasteiger partial charge in [-0.2, -0.15) is 0 Å². The molecule has 19 nitrogen and oxygen atoms in total. The standard InChI is InChI=1S/C22H42O2.C14H16O6.C12H14O3.C10H16O6.C7H12O2.CH4/c1-4-5-6-7-8-9-10-11-12-13-14-15-16-17-18-19-20-24-22(23)21(2)3;1-10(2)9-20-19-8-7-18-14(17)12-6-4-3-5-11(12)13(15)16;1-10(2)12(13)15-9-8-14-11-6-4-3-5-7-11;1-8(2)10(13)14-6-7-16-15-5-3-4-9(11)12;1-6(2)7(8)4-5-9-3;/h2,4-20H2,1,3H3;3-6H,1,7-9H2,2H3,(H,15,16);3-7H,1,8-9H2,2H3;1,3-7H2,2H3,(H,11,12);1,4-5H2,2-3H3;1H4. The maximum atomic E-state index is 11.7. The van der Waals surface area contributed by atoms with Crippen LogP contribution in [-0.4, -0.2) is 125 Å². The number of carbonyl (C=O) groups excluding carboxylic acids is 5. The van der Waals surface area contributed by atoms with Crippen LogP contribution in [0, 0.1) is 0 Å². The van der Waals surface area contributed by atoms with Crippen LogP contribution in [0.2, 0.25) is 0 Å². The van der Waals surface area contributed by atoms with Crippen LogP contribution in [0.4, 0.5) is 0 Å². The fraction of sp³-hybridized carbons (Fsp3) is 0.561. The molecule has 0 atom stereocenters. The van der Waals surface area contributed by atoms with Crippen LogP contribution in [0.3, 0.4) is 0 Å². The number of carboxylic acid groups (broad SMARTS) is 2. The summed E-state index contributed by atoms with van der Waals surface area (Å²) >= 11 is 0. The first-order valence-electron chi connectivity index (χ1n) is 28.8. The van der Waals surface area contributed by atoms with Gasteiger partial charge in [0.2, 0.25) is 0 Å². The Bertz CT molecular complexity index is 2170. The third-order valence-corrected chi connectivity index (χ3v) is 10.9. The van der Waals surface area contributed by atoms with Crippen molar-refractivity contribution in [1.29, 1.82) is 0 Å². The Labute approximate surface area is 507 Å². The number of unbranched alkanes of at least 4 members (excludes halogenated alkanes) is 15. The van der Waals surface area contributed by atoms with Gasteiger partial charge >= 0.3 is 35.8 Å². The highest BCUT2D eigenvalue weighted by atomic mass is 17.2. The average molecular weight is 1200 g/mol. The van der Waals surface area contributed by atoms with Crippen molar-refractivity contribution in [3.63, 3.8) is 0 Å². The second kappa shape index (κ2) is 60.4. The molecule has 0 saturated carbocycles. The van der Waals surface area contributed by atoms with E-state index in [1.165, 1.54) is 115 Å². The van der Waals surface area contributed by atoms with E-state index in [9.17, 15) is 33.6 Å². The number of ether oxygens (including phenoxy) is 6. The molecule has 0 spiro atoms. The minimum absolute atomic E-state index is 0. The van der Waals surface area contributed by atoms with Crippen molar-refractivity contribution in [2.75, 3.05) is 73.2 Å². The van der Waals surface area contributed by atoms with Crippen molar-refractivity contribution in [2.45, 2.75) is 171 Å². The normalized spacial score (nSPS) is 9.87. The van der Waals surface area contributed by atoms with E-state index in [0.29, 0.717) is 55.0 Å². The van der Waals surface area contributed by atoms with Gasteiger partial charge in [-0.3, -0.25) is 9.59 Å². The van der Waals surface area contributed by atoms with Crippen LogP contribution < -0.4 is 4.74 Å². The van der Waals surface area contributed by atoms with Gasteiger partial charge in [-0.25, -0.2) is 43.5 Å². The first-order chi connectivity index (χ1) is 40.1. The van der Waals surface area contributed by atoms with Crippen molar-refractivity contribution in [2.24, 2.45) is 0 Å². The van der Waals surface area contributed by atoms with Crippen LogP contribution in [0.5, 0.6) is 5.75 Å². The van der Waals surface area contributed by atoms with Crippen LogP contribution in [0.1, 0.15) is 192 Å². The molecule has 19 heteroatoms. The predicted octanol–water partition coefficient (Wildman–Crippen LogP) is 14.3. The minimum atomic E-state index is -1.18. The number of methoxy groups -OCH3 is 1. The van der Waals surface area contributed by atoms with E-state index in [1.807, 2.05) is 30.3 Å². The van der Waals surface area contributed by atoms with Gasteiger partial charge in [0.05, 0.1) is 30.9 Å². The van der Waals surface area contributed by atoms with Crippen molar-refractivity contribution < 1.29 is 91.7 Å². The van der Waals surface area contributed by atoms with Crippen molar-refractivity contribution in [3.05, 3.63) is 126 Å². The third-order valence-electron chi connectivity index (χ3n) is 10.9. The molecule has 0 unspecified atom stereocenters. The Kier molecular flexibility index (Phi) is 60.1. The molecule has 0 aliphatic rings. The molecule has 0 radical (unpaired) electrons. The minimum Gasteiger partial charge on any atom is -0.490 e. The summed E-state index contributed by atoms with van der Waals surface area (Å²) in [6.45, 7) is 30.5. The quantitative estimate of drug-likeness (QED) is 0.0119. The summed E-state index contributed by atoms with van der Waals surface area (Å²) < 4.78 is 29.6. The lowest BCUT2D eigenvalue weighted by atomic mass is 10.0. The van der Waals surface area contributed by atoms with Crippen molar-refractivity contribution >= 4 is 41.6 Å². The lowest BCUT2D eigenvalue weighted by Crippen LogP contribution is -2.14. The van der Waals surface area contributed by atoms with Gasteiger partial charge in [-0.15, -0.1) is 0 Å². The Morgan fingerprint density at radius 2 is 0.835 bits per heavy atom. The van der Waals surface area contributed by atoms with Gasteiger partial charge in [0.1, 0.15) is 52.0 Å². The van der Waals surface area contributed by atoms with Gasteiger partial charge in [0, 0.05) is 36.7 Å². The lowest BCUT2D eigenvalue weighted by molar-refractivity contribution is -0.298. The van der Waals surface area contributed by atoms with Crippen molar-refractivity contribution in [3.8, 4) is 5.75 Å². The molecule has 0 heterocycles. The molecule has 0 aliphatic carbocycles. The first-order valence-corrected chi connectivity index (χ1v) is 28.8. The number of hydrogen-bond acceptors (Lipinski definition) is 17. The predicted molar refractivity (Wildman–Crippen MR) is 331 cm³/mol. The molecule has 0 aliphatic heterocycles. The highest BCUT2D eigenvalue weighted by molar-refractivity contribution is 6.02. The van der Waals surface area contributed by atoms with E-state index in [-0.39, 0.29) is 88.9 Å². The van der Waals surface area contributed by atoms with Crippen LogP contribution in [-0.2, 0) is 67.2 Å². The molecule has 0 bridgehead atoms. The summed E-state index contributed by atoms with van der Waals surface area (Å²) in [6, 6.07) is 15.2. The second-order valence-corrected chi connectivity index (χ2v) is 19.3. The first kappa shape index (κ1) is 84.7. The third kappa shape index (κ3) is 58.8. The monoisotopic (exact) mass is 1200 g/mol. The van der Waals surface area contributed by atoms with E-state index in [4.69, 9.17) is 48.4 Å². The van der Waals surface area contributed by atoms with Gasteiger partial charge in [0.15, 0.2) is 5.78 Å². The Hall–Kier alpha value is -6.77. The van der Waals surface area contributed by atoms with Gasteiger partial charge in [-0.1, -0.05) is 179 Å². The fourth-order valence-corrected chi connectivity index (χ4v) is 6.27. The maximum absolute atomic E-state index is 11.7. The van der Waals surface area contributed by atoms with Crippen LogP contribution in [0.15, 0.2) is 115 Å². The SMILES string of the molecule is C.C=C(C)C(=O)CCOC.C=C(C)C(=O)OCCCCCCCCCCCCCCCCCC.C=C(C)C(=O)OCCOOCCCC(=O)O.C=C(C)C(=O)OCCOc1ccccc1.C=C(C)COOCCOC(=O)c1ccccc1C(=O)O. The van der Waals surface area contributed by atoms with E-state index in [0.717, 1.165) is 17.7 Å². The number of carbonyl (C=O) groups is 7. The van der Waals surface area contributed by atoms with E-state index in [2.05, 4.69) is 49.6 Å². The molecule has 2 aromatic rings. The van der Waals surface area contributed by atoms with E-state index >= 15 is 0 Å². The zero-order valence-electron chi connectivity index (χ0n) is 51.6. The number of aliphatic carboxylic acids is 1. The molecule has 85 heavy (non-hydrogen) atoms. The summed E-state index contributed by atoms with van der Waals surface area (Å²) in [6.07, 6.45) is 22.6. The topological polar surface area (TPSA) is 252 Å². The number of hydrogen-bond donors (Lipinski definition) is 2. The fourth-order valence-electron chi connectivity index (χ4n) is 6.27. The van der Waals surface area contributed by atoms with Gasteiger partial charge in [0.25, 0.3) is 0 Å². The highest BCUT2D eigenvalue weighted by Gasteiger charge is 2.17. The largest absolute Gasteiger partial charge is 0.490 e. The number of ketones is 1. The number of aromatic carboxylic acids is 1. The highest BCUT2D eigenvalue weighted by Crippen LogP contribution is 2.15. The molecule has 482 valence electrons. The Morgan fingerprint density at radius 1 is 0.424 bits per heavy atom. The molecule has 2 N–H and O–H groups in total. The Morgan fingerprint density at radius 3 is 1.27 bits per heavy atom. The number of esters is 4.